The molecule has 0 fully saturated rings. The van der Waals surface area contributed by atoms with E-state index < -0.39 is 54.0 Å². The zero-order valence-corrected chi connectivity index (χ0v) is 21.4. The number of aliphatic hydroxyl groups is 1. The van der Waals surface area contributed by atoms with Crippen molar-refractivity contribution in [1.82, 2.24) is 30.9 Å². The molecule has 0 aliphatic carbocycles. The number of carboxylic acids is 1. The first kappa shape index (κ1) is 28.7. The molecule has 2 heterocycles. The molecule has 0 radical (unpaired) electrons. The van der Waals surface area contributed by atoms with Crippen LogP contribution in [-0.4, -0.2) is 84.9 Å². The normalized spacial score (nSPS) is 15.2. The molecule has 0 bridgehead atoms. The summed E-state index contributed by atoms with van der Waals surface area (Å²) >= 11 is 3.98. The van der Waals surface area contributed by atoms with E-state index in [0.717, 1.165) is 10.9 Å². The largest absolute Gasteiger partial charge is 0.480 e. The molecular weight excluding hydrogens is 514 g/mol. The van der Waals surface area contributed by atoms with Crippen molar-refractivity contribution in [3.05, 3.63) is 54.2 Å². The van der Waals surface area contributed by atoms with Crippen LogP contribution in [0.5, 0.6) is 0 Å². The molecule has 0 aliphatic rings. The van der Waals surface area contributed by atoms with Gasteiger partial charge in [0.05, 0.1) is 12.4 Å². The monoisotopic (exact) mass is 545 g/mol. The number of aliphatic hydroxyl groups excluding tert-OH is 1. The number of rotatable bonds is 13. The van der Waals surface area contributed by atoms with Crippen LogP contribution in [0.4, 0.5) is 0 Å². The third-order valence-corrected chi connectivity index (χ3v) is 6.33. The second kappa shape index (κ2) is 13.1. The standard InChI is InChI=1S/C24H31N7O6S/c1-12(32)20(25)23(35)30-18(7-14-9-26-11-28-14)22(34)29-17(21(33)31-19(10-38)24(36)37)6-13-8-27-16-5-3-2-4-15(13)16/h2-5,8-9,11-12,17-20,27,32,38H,6-7,10,25H2,1H3,(H,26,28)(H,29,34)(H,30,35)(H,31,33)(H,36,37). The van der Waals surface area contributed by atoms with E-state index in [1.165, 1.54) is 19.4 Å². The zero-order valence-electron chi connectivity index (χ0n) is 20.5. The Hall–Kier alpha value is -3.88. The third kappa shape index (κ3) is 7.34. The molecule has 0 saturated heterocycles. The highest BCUT2D eigenvalue weighted by Crippen LogP contribution is 2.19. The van der Waals surface area contributed by atoms with Gasteiger partial charge in [-0.1, -0.05) is 18.2 Å². The molecule has 0 aliphatic heterocycles. The number of hydrogen-bond donors (Lipinski definition) is 9. The number of aliphatic carboxylic acids is 1. The Kier molecular flexibility index (Phi) is 9.87. The van der Waals surface area contributed by atoms with Crippen LogP contribution in [-0.2, 0) is 32.0 Å². The summed E-state index contributed by atoms with van der Waals surface area (Å²) in [4.78, 5) is 60.5. The van der Waals surface area contributed by atoms with Crippen molar-refractivity contribution in [2.24, 2.45) is 5.73 Å². The lowest BCUT2D eigenvalue weighted by Gasteiger charge is -2.25. The maximum absolute atomic E-state index is 13.4. The summed E-state index contributed by atoms with van der Waals surface area (Å²) in [5.74, 6) is -3.66. The minimum absolute atomic E-state index is 0.0140. The number of para-hydroxylation sites is 1. The summed E-state index contributed by atoms with van der Waals surface area (Å²) in [6.45, 7) is 1.34. The van der Waals surface area contributed by atoms with E-state index in [1.807, 2.05) is 24.3 Å². The van der Waals surface area contributed by atoms with Gasteiger partial charge in [-0.3, -0.25) is 14.4 Å². The number of carbonyl (C=O) groups is 4. The summed E-state index contributed by atoms with van der Waals surface area (Å²) < 4.78 is 0. The number of nitrogens with two attached hydrogens (primary N) is 1. The first-order chi connectivity index (χ1) is 18.1. The molecule has 14 heteroatoms. The predicted octanol–water partition coefficient (Wildman–Crippen LogP) is -1.15. The average Bonchev–Trinajstić information content (AvgIpc) is 3.55. The molecule has 5 unspecified atom stereocenters. The van der Waals surface area contributed by atoms with Crippen LogP contribution < -0.4 is 21.7 Å². The molecule has 3 rings (SSSR count). The number of nitrogens with one attached hydrogen (secondary N) is 5. The molecule has 3 aromatic rings. The highest BCUT2D eigenvalue weighted by molar-refractivity contribution is 7.80. The Morgan fingerprint density at radius 2 is 1.63 bits per heavy atom. The van der Waals surface area contributed by atoms with Crippen LogP contribution >= 0.6 is 12.6 Å². The SMILES string of the molecule is CC(O)C(N)C(=O)NC(Cc1cnc[nH]1)C(=O)NC(Cc1c[nH]c2ccccc12)C(=O)NC(CS)C(=O)O. The second-order valence-corrected chi connectivity index (χ2v) is 9.18. The number of H-pyrrole nitrogens is 2. The lowest BCUT2D eigenvalue weighted by atomic mass is 10.0. The number of aromatic amines is 2. The van der Waals surface area contributed by atoms with Gasteiger partial charge in [-0.25, -0.2) is 9.78 Å². The molecule has 38 heavy (non-hydrogen) atoms. The maximum atomic E-state index is 13.4. The van der Waals surface area contributed by atoms with Gasteiger partial charge in [-0.15, -0.1) is 0 Å². The third-order valence-electron chi connectivity index (χ3n) is 5.96. The van der Waals surface area contributed by atoms with Crippen molar-refractivity contribution in [2.45, 2.75) is 50.0 Å². The van der Waals surface area contributed by atoms with Crippen LogP contribution in [0.25, 0.3) is 10.9 Å². The number of amides is 3. The van der Waals surface area contributed by atoms with Crippen molar-refractivity contribution in [3.8, 4) is 0 Å². The van der Waals surface area contributed by atoms with Crippen molar-refractivity contribution in [3.63, 3.8) is 0 Å². The number of carbonyl (C=O) groups excluding carboxylic acids is 3. The van der Waals surface area contributed by atoms with Crippen LogP contribution in [0.2, 0.25) is 0 Å². The highest BCUT2D eigenvalue weighted by Gasteiger charge is 2.31. The highest BCUT2D eigenvalue weighted by atomic mass is 32.1. The minimum atomic E-state index is -1.29. The molecule has 3 amide bonds. The summed E-state index contributed by atoms with van der Waals surface area (Å²) in [6, 6.07) is 2.43. The van der Waals surface area contributed by atoms with Gasteiger partial charge in [-0.05, 0) is 18.6 Å². The molecule has 204 valence electrons. The molecule has 1 aromatic carbocycles. The Morgan fingerprint density at radius 1 is 1.00 bits per heavy atom. The number of nitrogens with zero attached hydrogens (tertiary/aromatic N) is 1. The zero-order chi connectivity index (χ0) is 27.8. The van der Waals surface area contributed by atoms with Gasteiger partial charge >= 0.3 is 5.97 Å². The molecular formula is C24H31N7O6S. The number of carboxylic acid groups (broad SMARTS) is 1. The van der Waals surface area contributed by atoms with Crippen LogP contribution in [0.15, 0.2) is 43.0 Å². The second-order valence-electron chi connectivity index (χ2n) is 8.82. The number of benzene rings is 1. The average molecular weight is 546 g/mol. The summed E-state index contributed by atoms with van der Waals surface area (Å²) in [5.41, 5.74) is 7.79. The van der Waals surface area contributed by atoms with E-state index in [-0.39, 0.29) is 18.6 Å². The number of aromatic nitrogens is 3. The Bertz CT molecular complexity index is 1260. The lowest BCUT2D eigenvalue weighted by molar-refractivity contribution is -0.141. The van der Waals surface area contributed by atoms with Crippen LogP contribution in [0.1, 0.15) is 18.2 Å². The fraction of sp³-hybridized carbons (Fsp3) is 0.375. The summed E-state index contributed by atoms with van der Waals surface area (Å²) in [7, 11) is 0. The number of fused-ring (bicyclic) bond motifs is 1. The predicted molar refractivity (Wildman–Crippen MR) is 141 cm³/mol. The first-order valence-electron chi connectivity index (χ1n) is 11.8. The Balaban J connectivity index is 1.87. The van der Waals surface area contributed by atoms with E-state index in [1.54, 1.807) is 6.20 Å². The van der Waals surface area contributed by atoms with Gasteiger partial charge in [0.2, 0.25) is 17.7 Å². The first-order valence-corrected chi connectivity index (χ1v) is 12.4. The molecule has 2 aromatic heterocycles. The number of hydrogen-bond acceptors (Lipinski definition) is 8. The fourth-order valence-corrected chi connectivity index (χ4v) is 4.02. The van der Waals surface area contributed by atoms with Crippen molar-refractivity contribution < 1.29 is 29.4 Å². The molecule has 9 N–H and O–H groups in total. The van der Waals surface area contributed by atoms with E-state index >= 15 is 0 Å². The van der Waals surface area contributed by atoms with Crippen LogP contribution in [0.3, 0.4) is 0 Å². The van der Waals surface area contributed by atoms with Crippen molar-refractivity contribution in [1.29, 1.82) is 0 Å². The minimum Gasteiger partial charge on any atom is -0.480 e. The van der Waals surface area contributed by atoms with Crippen molar-refractivity contribution in [2.75, 3.05) is 5.75 Å². The van der Waals surface area contributed by atoms with Gasteiger partial charge in [0.1, 0.15) is 24.2 Å². The molecule has 5 atom stereocenters. The van der Waals surface area contributed by atoms with E-state index in [2.05, 4.69) is 43.5 Å². The topological polar surface area (TPSA) is 215 Å². The summed E-state index contributed by atoms with van der Waals surface area (Å²) in [5, 5.41) is 27.4. The van der Waals surface area contributed by atoms with Gasteiger partial charge in [0, 0.05) is 47.6 Å². The van der Waals surface area contributed by atoms with Gasteiger partial charge in [0.25, 0.3) is 0 Å². The maximum Gasteiger partial charge on any atom is 0.327 e. The smallest absolute Gasteiger partial charge is 0.327 e. The van der Waals surface area contributed by atoms with Crippen molar-refractivity contribution >= 4 is 47.2 Å². The Morgan fingerprint density at radius 3 is 2.24 bits per heavy atom. The van der Waals surface area contributed by atoms with Gasteiger partial charge in [-0.2, -0.15) is 12.6 Å². The van der Waals surface area contributed by atoms with E-state index in [9.17, 15) is 29.4 Å². The quantitative estimate of drug-likeness (QED) is 0.119. The summed E-state index contributed by atoms with van der Waals surface area (Å²) in [6.07, 6.45) is 3.43. The fourth-order valence-electron chi connectivity index (χ4n) is 3.77. The molecule has 13 nitrogen and oxygen atoms in total. The Labute approximate surface area is 223 Å². The molecule has 0 saturated carbocycles. The van der Waals surface area contributed by atoms with Crippen LogP contribution in [0, 0.1) is 0 Å². The van der Waals surface area contributed by atoms with Gasteiger partial charge in [0.15, 0.2) is 0 Å². The van der Waals surface area contributed by atoms with E-state index in [0.29, 0.717) is 11.3 Å². The molecule has 0 spiro atoms. The number of imidazole rings is 1. The van der Waals surface area contributed by atoms with E-state index in [4.69, 9.17) is 5.73 Å². The lowest BCUT2D eigenvalue weighted by Crippen LogP contribution is -2.59. The number of thiol groups is 1. The van der Waals surface area contributed by atoms with Gasteiger partial charge < -0.3 is 41.9 Å².